The van der Waals surface area contributed by atoms with Crippen molar-refractivity contribution in [2.24, 2.45) is 5.41 Å². The van der Waals surface area contributed by atoms with Gasteiger partial charge in [0.2, 0.25) is 0 Å². The fourth-order valence-corrected chi connectivity index (χ4v) is 4.42. The second-order valence-electron chi connectivity index (χ2n) is 6.75. The molecule has 122 valence electrons. The number of methoxy groups -OCH3 is 2. The van der Waals surface area contributed by atoms with Gasteiger partial charge in [0.1, 0.15) is 11.6 Å². The molecule has 2 atom stereocenters. The summed E-state index contributed by atoms with van der Waals surface area (Å²) in [7, 11) is 3.45. The highest BCUT2D eigenvalue weighted by Gasteiger charge is 2.45. The Hall–Kier alpha value is -1.13. The van der Waals surface area contributed by atoms with Gasteiger partial charge in [0.05, 0.1) is 13.2 Å². The van der Waals surface area contributed by atoms with Crippen LogP contribution < -0.4 is 4.74 Å². The van der Waals surface area contributed by atoms with Crippen molar-refractivity contribution >= 4 is 0 Å². The van der Waals surface area contributed by atoms with Crippen molar-refractivity contribution in [3.8, 4) is 5.75 Å². The maximum Gasteiger partial charge on any atom is 0.126 e. The fourth-order valence-electron chi connectivity index (χ4n) is 4.42. The summed E-state index contributed by atoms with van der Waals surface area (Å²) >= 11 is 0. The number of benzene rings is 1. The lowest BCUT2D eigenvalue weighted by atomic mass is 9.76. The minimum absolute atomic E-state index is 0.244. The predicted molar refractivity (Wildman–Crippen MR) is 84.5 cm³/mol. The van der Waals surface area contributed by atoms with Gasteiger partial charge >= 0.3 is 0 Å². The number of ether oxygens (including phenoxy) is 2. The molecule has 1 spiro atoms. The van der Waals surface area contributed by atoms with Crippen LogP contribution >= 0.6 is 0 Å². The van der Waals surface area contributed by atoms with Gasteiger partial charge in [-0.15, -0.1) is 0 Å². The number of likely N-dealkylation sites (tertiary alicyclic amines) is 1. The number of halogens is 1. The zero-order valence-electron chi connectivity index (χ0n) is 13.6. The first-order valence-corrected chi connectivity index (χ1v) is 8.24. The molecule has 1 aliphatic carbocycles. The monoisotopic (exact) mass is 307 g/mol. The van der Waals surface area contributed by atoms with Gasteiger partial charge in [-0.3, -0.25) is 4.90 Å². The Kier molecular flexibility index (Phi) is 4.69. The molecule has 1 aromatic carbocycles. The van der Waals surface area contributed by atoms with E-state index in [0.29, 0.717) is 17.3 Å². The molecule has 4 heteroatoms. The zero-order chi connectivity index (χ0) is 15.6. The first kappa shape index (κ1) is 15.8. The first-order valence-electron chi connectivity index (χ1n) is 8.24. The Labute approximate surface area is 132 Å². The Balaban J connectivity index is 1.73. The van der Waals surface area contributed by atoms with E-state index in [1.807, 2.05) is 13.2 Å². The molecule has 2 aliphatic rings. The van der Waals surface area contributed by atoms with Crippen LogP contribution in [0.4, 0.5) is 4.39 Å². The third kappa shape index (κ3) is 2.99. The quantitative estimate of drug-likeness (QED) is 0.848. The molecule has 0 radical (unpaired) electrons. The zero-order valence-corrected chi connectivity index (χ0v) is 13.6. The van der Waals surface area contributed by atoms with Gasteiger partial charge in [0, 0.05) is 37.2 Å². The first-order chi connectivity index (χ1) is 10.7. The Morgan fingerprint density at radius 2 is 2.09 bits per heavy atom. The van der Waals surface area contributed by atoms with Crippen LogP contribution in [-0.4, -0.2) is 38.3 Å². The highest BCUT2D eigenvalue weighted by Crippen LogP contribution is 2.46. The molecule has 0 unspecified atom stereocenters. The Morgan fingerprint density at radius 1 is 1.27 bits per heavy atom. The number of nitrogens with zero attached hydrogens (tertiary/aromatic N) is 1. The van der Waals surface area contributed by atoms with Crippen molar-refractivity contribution in [3.05, 3.63) is 29.6 Å². The van der Waals surface area contributed by atoms with E-state index in [1.165, 1.54) is 44.2 Å². The summed E-state index contributed by atoms with van der Waals surface area (Å²) in [4.78, 5) is 2.48. The Morgan fingerprint density at radius 3 is 2.86 bits per heavy atom. The molecule has 1 heterocycles. The highest BCUT2D eigenvalue weighted by molar-refractivity contribution is 5.34. The predicted octanol–water partition coefficient (Wildman–Crippen LogP) is 3.62. The fraction of sp³-hybridized carbons (Fsp3) is 0.667. The van der Waals surface area contributed by atoms with Crippen LogP contribution in [0.25, 0.3) is 0 Å². The summed E-state index contributed by atoms with van der Waals surface area (Å²) in [5.41, 5.74) is 1.38. The summed E-state index contributed by atoms with van der Waals surface area (Å²) in [6.45, 7) is 2.99. The molecular formula is C18H26FNO2. The van der Waals surface area contributed by atoms with Gasteiger partial charge < -0.3 is 9.47 Å². The molecule has 0 bridgehead atoms. The third-order valence-corrected chi connectivity index (χ3v) is 5.44. The minimum Gasteiger partial charge on any atom is -0.496 e. The number of rotatable bonds is 4. The molecule has 3 rings (SSSR count). The molecule has 0 aromatic heterocycles. The maximum atomic E-state index is 13.3. The topological polar surface area (TPSA) is 21.7 Å². The van der Waals surface area contributed by atoms with Crippen molar-refractivity contribution in [1.82, 2.24) is 4.90 Å². The standard InChI is InChI=1S/C18H26FNO2/c1-21-16-11-15(19)7-6-14(16)12-20-10-4-9-18(13-20)8-3-5-17(18)22-2/h6-7,11,17H,3-5,8-10,12-13H2,1-2H3/t17-,18-/m1/s1. The van der Waals surface area contributed by atoms with Gasteiger partial charge in [-0.2, -0.15) is 0 Å². The van der Waals surface area contributed by atoms with Gasteiger partial charge in [-0.05, 0) is 38.3 Å². The second kappa shape index (κ2) is 6.55. The average Bonchev–Trinajstić information content (AvgIpc) is 2.91. The van der Waals surface area contributed by atoms with Crippen LogP contribution in [0.3, 0.4) is 0 Å². The molecule has 0 amide bonds. The molecule has 1 aliphatic heterocycles. The summed E-state index contributed by atoms with van der Waals surface area (Å²) in [6, 6.07) is 4.84. The van der Waals surface area contributed by atoms with Crippen molar-refractivity contribution in [3.63, 3.8) is 0 Å². The van der Waals surface area contributed by atoms with E-state index in [1.54, 1.807) is 7.11 Å². The average molecular weight is 307 g/mol. The molecule has 3 nitrogen and oxygen atoms in total. The van der Waals surface area contributed by atoms with E-state index in [4.69, 9.17) is 9.47 Å². The van der Waals surface area contributed by atoms with E-state index < -0.39 is 0 Å². The van der Waals surface area contributed by atoms with Crippen LogP contribution in [0.1, 0.15) is 37.7 Å². The van der Waals surface area contributed by atoms with E-state index in [9.17, 15) is 4.39 Å². The van der Waals surface area contributed by atoms with Gasteiger partial charge in [0.15, 0.2) is 0 Å². The molecule has 1 aromatic rings. The smallest absolute Gasteiger partial charge is 0.126 e. The SMILES string of the molecule is COc1cc(F)ccc1CN1CCC[C@]2(CCC[C@H]2OC)C1. The van der Waals surface area contributed by atoms with Crippen molar-refractivity contribution in [1.29, 1.82) is 0 Å². The largest absolute Gasteiger partial charge is 0.496 e. The van der Waals surface area contributed by atoms with Crippen LogP contribution in [0.2, 0.25) is 0 Å². The maximum absolute atomic E-state index is 13.3. The lowest BCUT2D eigenvalue weighted by Gasteiger charge is -2.43. The molecule has 1 saturated heterocycles. The molecule has 22 heavy (non-hydrogen) atoms. The molecule has 2 fully saturated rings. The van der Waals surface area contributed by atoms with Gasteiger partial charge in [-0.25, -0.2) is 4.39 Å². The van der Waals surface area contributed by atoms with Crippen molar-refractivity contribution in [2.45, 2.75) is 44.8 Å². The Bertz CT molecular complexity index is 522. The lowest BCUT2D eigenvalue weighted by molar-refractivity contribution is -0.0367. The molecule has 0 N–H and O–H groups in total. The van der Waals surface area contributed by atoms with Crippen LogP contribution in [0, 0.1) is 11.2 Å². The van der Waals surface area contributed by atoms with Crippen molar-refractivity contribution in [2.75, 3.05) is 27.3 Å². The molecular weight excluding hydrogens is 281 g/mol. The summed E-state index contributed by atoms with van der Waals surface area (Å²) < 4.78 is 24.4. The van der Waals surface area contributed by atoms with Gasteiger partial charge in [-0.1, -0.05) is 12.5 Å². The van der Waals surface area contributed by atoms with E-state index in [0.717, 1.165) is 25.2 Å². The summed E-state index contributed by atoms with van der Waals surface area (Å²) in [5.74, 6) is 0.403. The summed E-state index contributed by atoms with van der Waals surface area (Å²) in [5, 5.41) is 0. The van der Waals surface area contributed by atoms with E-state index >= 15 is 0 Å². The normalized spacial score (nSPS) is 29.1. The minimum atomic E-state index is -0.244. The summed E-state index contributed by atoms with van der Waals surface area (Å²) in [6.07, 6.45) is 6.59. The number of piperidine rings is 1. The van der Waals surface area contributed by atoms with Crippen molar-refractivity contribution < 1.29 is 13.9 Å². The molecule has 1 saturated carbocycles. The second-order valence-corrected chi connectivity index (χ2v) is 6.75. The number of hydrogen-bond donors (Lipinski definition) is 0. The van der Waals surface area contributed by atoms with Crippen LogP contribution in [0.15, 0.2) is 18.2 Å². The third-order valence-electron chi connectivity index (χ3n) is 5.44. The van der Waals surface area contributed by atoms with Crippen LogP contribution in [-0.2, 0) is 11.3 Å². The van der Waals surface area contributed by atoms with E-state index in [-0.39, 0.29) is 5.82 Å². The van der Waals surface area contributed by atoms with E-state index in [2.05, 4.69) is 4.90 Å². The van der Waals surface area contributed by atoms with Gasteiger partial charge in [0.25, 0.3) is 0 Å². The highest BCUT2D eigenvalue weighted by atomic mass is 19.1. The van der Waals surface area contributed by atoms with Crippen LogP contribution in [0.5, 0.6) is 5.75 Å². The number of hydrogen-bond acceptors (Lipinski definition) is 3. The lowest BCUT2D eigenvalue weighted by Crippen LogP contribution is -2.47.